The van der Waals surface area contributed by atoms with Crippen LogP contribution in [0.4, 0.5) is 0 Å². The summed E-state index contributed by atoms with van der Waals surface area (Å²) in [5, 5.41) is 0. The first kappa shape index (κ1) is 14.5. The fourth-order valence-corrected chi connectivity index (χ4v) is 4.60. The van der Waals surface area contributed by atoms with E-state index in [2.05, 4.69) is 13.8 Å². The van der Waals surface area contributed by atoms with Gasteiger partial charge in [0.25, 0.3) is 0 Å². The molecule has 0 radical (unpaired) electrons. The zero-order valence-corrected chi connectivity index (χ0v) is 12.8. The quantitative estimate of drug-likeness (QED) is 0.750. The van der Waals surface area contributed by atoms with Crippen LogP contribution in [0.15, 0.2) is 29.2 Å². The predicted octanol–water partition coefficient (Wildman–Crippen LogP) is 3.34. The molecule has 2 rings (SSSR count). The molecule has 0 aliphatic carbocycles. The molecule has 0 saturated carbocycles. The average molecular weight is 281 g/mol. The summed E-state index contributed by atoms with van der Waals surface area (Å²) in [7, 11) is -3.29. The Morgan fingerprint density at radius 2 is 1.74 bits per heavy atom. The Labute approximate surface area is 116 Å². The van der Waals surface area contributed by atoms with Crippen LogP contribution >= 0.6 is 0 Å². The molecular formula is C15H23NO2S. The van der Waals surface area contributed by atoms with Crippen LogP contribution in [-0.4, -0.2) is 24.8 Å². The maximum Gasteiger partial charge on any atom is 0.243 e. The van der Waals surface area contributed by atoms with Crippen LogP contribution in [0, 0.1) is 6.92 Å². The molecule has 0 N–H and O–H groups in total. The number of hydrogen-bond donors (Lipinski definition) is 0. The Bertz CT molecular complexity index is 522. The van der Waals surface area contributed by atoms with Crippen molar-refractivity contribution in [1.29, 1.82) is 0 Å². The smallest absolute Gasteiger partial charge is 0.207 e. The van der Waals surface area contributed by atoms with Crippen LogP contribution in [0.1, 0.15) is 45.1 Å². The van der Waals surface area contributed by atoms with Crippen molar-refractivity contribution in [2.45, 2.75) is 63.4 Å². The molecule has 19 heavy (non-hydrogen) atoms. The van der Waals surface area contributed by atoms with E-state index < -0.39 is 10.0 Å². The van der Waals surface area contributed by atoms with Gasteiger partial charge in [0, 0.05) is 12.1 Å². The van der Waals surface area contributed by atoms with Gasteiger partial charge < -0.3 is 0 Å². The van der Waals surface area contributed by atoms with Crippen LogP contribution in [-0.2, 0) is 10.0 Å². The molecule has 0 aromatic heterocycles. The largest absolute Gasteiger partial charge is 0.243 e. The van der Waals surface area contributed by atoms with Crippen molar-refractivity contribution < 1.29 is 8.42 Å². The van der Waals surface area contributed by atoms with Crippen molar-refractivity contribution in [2.24, 2.45) is 0 Å². The molecule has 1 fully saturated rings. The lowest BCUT2D eigenvalue weighted by Gasteiger charge is -2.07. The minimum absolute atomic E-state index is 0.206. The van der Waals surface area contributed by atoms with Gasteiger partial charge in [-0.05, 0) is 31.9 Å². The third kappa shape index (κ3) is 2.84. The van der Waals surface area contributed by atoms with E-state index in [1.807, 2.05) is 19.1 Å². The molecule has 0 bridgehead atoms. The number of hydrogen-bond acceptors (Lipinski definition) is 2. The SMILES string of the molecule is CCCC[C@@H]1[C@@H](CC)N1S(=O)(=O)c1ccc(C)cc1. The van der Waals surface area contributed by atoms with Crippen molar-refractivity contribution in [2.75, 3.05) is 0 Å². The minimum Gasteiger partial charge on any atom is -0.207 e. The van der Waals surface area contributed by atoms with E-state index in [9.17, 15) is 8.42 Å². The summed E-state index contributed by atoms with van der Waals surface area (Å²) in [6, 6.07) is 7.57. The zero-order valence-electron chi connectivity index (χ0n) is 12.0. The second kappa shape index (κ2) is 5.63. The summed E-state index contributed by atoms with van der Waals surface area (Å²) in [6.45, 7) is 6.17. The van der Waals surface area contributed by atoms with E-state index in [1.165, 1.54) is 0 Å². The van der Waals surface area contributed by atoms with E-state index in [0.29, 0.717) is 4.90 Å². The molecule has 3 atom stereocenters. The highest BCUT2D eigenvalue weighted by Gasteiger charge is 2.53. The van der Waals surface area contributed by atoms with Gasteiger partial charge in [-0.3, -0.25) is 0 Å². The molecule has 1 aliphatic heterocycles. The number of nitrogens with zero attached hydrogens (tertiary/aromatic N) is 1. The number of sulfonamides is 1. The van der Waals surface area contributed by atoms with Crippen molar-refractivity contribution in [3.63, 3.8) is 0 Å². The highest BCUT2D eigenvalue weighted by Crippen LogP contribution is 2.40. The summed E-state index contributed by atoms with van der Waals surface area (Å²) in [5.74, 6) is 0. The third-order valence-corrected chi connectivity index (χ3v) is 5.84. The van der Waals surface area contributed by atoms with Gasteiger partial charge in [-0.25, -0.2) is 8.42 Å². The van der Waals surface area contributed by atoms with Crippen molar-refractivity contribution >= 4 is 10.0 Å². The molecule has 1 heterocycles. The highest BCUT2D eigenvalue weighted by atomic mass is 32.2. The molecule has 1 aromatic rings. The molecule has 106 valence electrons. The van der Waals surface area contributed by atoms with E-state index in [4.69, 9.17) is 0 Å². The van der Waals surface area contributed by atoms with Gasteiger partial charge in [0.2, 0.25) is 10.0 Å². The third-order valence-electron chi connectivity index (χ3n) is 3.88. The van der Waals surface area contributed by atoms with Gasteiger partial charge in [-0.2, -0.15) is 4.31 Å². The Hall–Kier alpha value is -0.870. The molecule has 4 heteroatoms. The summed E-state index contributed by atoms with van der Waals surface area (Å²) in [4.78, 5) is 0.426. The topological polar surface area (TPSA) is 37.1 Å². The minimum atomic E-state index is -3.29. The fraction of sp³-hybridized carbons (Fsp3) is 0.600. The normalized spacial score (nSPS) is 26.4. The van der Waals surface area contributed by atoms with Crippen LogP contribution in [0.3, 0.4) is 0 Å². The summed E-state index contributed by atoms with van der Waals surface area (Å²) < 4.78 is 26.9. The monoisotopic (exact) mass is 281 g/mol. The van der Waals surface area contributed by atoms with Crippen LogP contribution < -0.4 is 0 Å². The zero-order chi connectivity index (χ0) is 14.0. The maximum atomic E-state index is 12.6. The van der Waals surface area contributed by atoms with Gasteiger partial charge in [0.05, 0.1) is 4.90 Å². The summed E-state index contributed by atoms with van der Waals surface area (Å²) in [5.41, 5.74) is 1.08. The first-order valence-electron chi connectivity index (χ1n) is 7.12. The number of benzene rings is 1. The second-order valence-corrected chi connectivity index (χ2v) is 7.18. The number of aryl methyl sites for hydroxylation is 1. The first-order chi connectivity index (χ1) is 9.02. The lowest BCUT2D eigenvalue weighted by molar-refractivity contribution is 0.536. The van der Waals surface area contributed by atoms with Gasteiger partial charge in [-0.15, -0.1) is 0 Å². The van der Waals surface area contributed by atoms with Gasteiger partial charge in [0.1, 0.15) is 0 Å². The van der Waals surface area contributed by atoms with E-state index in [1.54, 1.807) is 16.4 Å². The lowest BCUT2D eigenvalue weighted by atomic mass is 10.1. The predicted molar refractivity (Wildman–Crippen MR) is 77.6 cm³/mol. The van der Waals surface area contributed by atoms with Gasteiger partial charge in [-0.1, -0.05) is 44.4 Å². The van der Waals surface area contributed by atoms with Crippen LogP contribution in [0.5, 0.6) is 0 Å². The standard InChI is InChI=1S/C15H23NO2S/c1-4-6-7-15-14(5-2)16(15)19(17,18)13-10-8-12(3)9-11-13/h8-11,14-15H,4-7H2,1-3H3/t14-,15-,16?/m1/s1. The number of unbranched alkanes of at least 4 members (excludes halogenated alkanes) is 1. The molecule has 0 amide bonds. The Balaban J connectivity index is 2.18. The first-order valence-corrected chi connectivity index (χ1v) is 8.56. The van der Waals surface area contributed by atoms with E-state index >= 15 is 0 Å². The van der Waals surface area contributed by atoms with Gasteiger partial charge >= 0.3 is 0 Å². The lowest BCUT2D eigenvalue weighted by Crippen LogP contribution is -2.16. The fourth-order valence-electron chi connectivity index (χ4n) is 2.68. The highest BCUT2D eigenvalue weighted by molar-refractivity contribution is 7.89. The molecular weight excluding hydrogens is 258 g/mol. The Morgan fingerprint density at radius 3 is 2.26 bits per heavy atom. The van der Waals surface area contributed by atoms with E-state index in [-0.39, 0.29) is 12.1 Å². The summed E-state index contributed by atoms with van der Waals surface area (Å²) >= 11 is 0. The molecule has 1 unspecified atom stereocenters. The van der Waals surface area contributed by atoms with Crippen LogP contribution in [0.25, 0.3) is 0 Å². The van der Waals surface area contributed by atoms with Crippen molar-refractivity contribution in [3.05, 3.63) is 29.8 Å². The summed E-state index contributed by atoms with van der Waals surface area (Å²) in [6.07, 6.45) is 4.10. The number of rotatable bonds is 6. The van der Waals surface area contributed by atoms with Crippen molar-refractivity contribution in [3.8, 4) is 0 Å². The van der Waals surface area contributed by atoms with Crippen molar-refractivity contribution in [1.82, 2.24) is 4.31 Å². The van der Waals surface area contributed by atoms with Gasteiger partial charge in [0.15, 0.2) is 0 Å². The Morgan fingerprint density at radius 1 is 1.11 bits per heavy atom. The average Bonchev–Trinajstić information content (AvgIpc) is 3.11. The molecule has 0 spiro atoms. The second-order valence-electron chi connectivity index (χ2n) is 5.33. The van der Waals surface area contributed by atoms with E-state index in [0.717, 1.165) is 31.2 Å². The maximum absolute atomic E-state index is 12.6. The molecule has 1 aromatic carbocycles. The molecule has 1 aliphatic rings. The molecule has 1 saturated heterocycles. The van der Waals surface area contributed by atoms with Crippen LogP contribution in [0.2, 0.25) is 0 Å². The Kier molecular flexibility index (Phi) is 4.31. The molecule has 3 nitrogen and oxygen atoms in total.